The Balaban J connectivity index is 0.000000241. The molecule has 2 N–H and O–H groups in total. The second kappa shape index (κ2) is 6.61. The lowest BCUT2D eigenvalue weighted by Crippen LogP contribution is -2.33. The van der Waals surface area contributed by atoms with Crippen LogP contribution in [0.2, 0.25) is 0 Å². The number of hydrogen-bond donors (Lipinski definition) is 1. The SMILES string of the molecule is CCC(C)(N)CC.Cc1ccccc1. The van der Waals surface area contributed by atoms with Gasteiger partial charge in [-0.25, -0.2) is 0 Å². The summed E-state index contributed by atoms with van der Waals surface area (Å²) in [6.07, 6.45) is 2.15. The van der Waals surface area contributed by atoms with Crippen molar-refractivity contribution in [3.8, 4) is 0 Å². The van der Waals surface area contributed by atoms with Crippen LogP contribution >= 0.6 is 0 Å². The summed E-state index contributed by atoms with van der Waals surface area (Å²) >= 11 is 0. The van der Waals surface area contributed by atoms with Crippen molar-refractivity contribution in [3.05, 3.63) is 35.9 Å². The van der Waals surface area contributed by atoms with Crippen LogP contribution in [0.1, 0.15) is 39.2 Å². The Morgan fingerprint density at radius 1 is 1.07 bits per heavy atom. The molecule has 1 nitrogen and oxygen atoms in total. The molecule has 1 aromatic rings. The van der Waals surface area contributed by atoms with Crippen LogP contribution in [0.5, 0.6) is 0 Å². The second-order valence-corrected chi connectivity index (χ2v) is 4.02. The van der Waals surface area contributed by atoms with Gasteiger partial charge in [0.1, 0.15) is 0 Å². The van der Waals surface area contributed by atoms with Gasteiger partial charge in [-0.2, -0.15) is 0 Å². The summed E-state index contributed by atoms with van der Waals surface area (Å²) in [7, 11) is 0. The van der Waals surface area contributed by atoms with Gasteiger partial charge in [0.15, 0.2) is 0 Å². The average Bonchev–Trinajstić information content (AvgIpc) is 2.20. The third-order valence-electron chi connectivity index (χ3n) is 2.56. The highest BCUT2D eigenvalue weighted by Crippen LogP contribution is 2.07. The highest BCUT2D eigenvalue weighted by atomic mass is 14.7. The Hall–Kier alpha value is -0.820. The molecule has 0 spiro atoms. The maximum absolute atomic E-state index is 5.72. The minimum absolute atomic E-state index is 0.0833. The van der Waals surface area contributed by atoms with Crippen molar-refractivity contribution in [1.82, 2.24) is 0 Å². The molecule has 0 amide bonds. The lowest BCUT2D eigenvalue weighted by molar-refractivity contribution is 0.437. The van der Waals surface area contributed by atoms with E-state index < -0.39 is 0 Å². The smallest absolute Gasteiger partial charge is 0.0120 e. The van der Waals surface area contributed by atoms with Crippen molar-refractivity contribution in [2.45, 2.75) is 46.1 Å². The van der Waals surface area contributed by atoms with Crippen LogP contribution < -0.4 is 5.73 Å². The quantitative estimate of drug-likeness (QED) is 0.764. The third kappa shape index (κ3) is 6.67. The minimum atomic E-state index is 0.0833. The Morgan fingerprint density at radius 2 is 1.50 bits per heavy atom. The van der Waals surface area contributed by atoms with Gasteiger partial charge in [0.2, 0.25) is 0 Å². The van der Waals surface area contributed by atoms with Gasteiger partial charge in [0.25, 0.3) is 0 Å². The molecule has 0 bridgehead atoms. The van der Waals surface area contributed by atoms with E-state index in [2.05, 4.69) is 39.8 Å². The second-order valence-electron chi connectivity index (χ2n) is 4.02. The predicted octanol–water partition coefficient (Wildman–Crippen LogP) is 3.52. The first-order valence-electron chi connectivity index (χ1n) is 5.32. The molecule has 14 heavy (non-hydrogen) atoms. The maximum atomic E-state index is 5.72. The molecule has 0 saturated carbocycles. The van der Waals surface area contributed by atoms with Gasteiger partial charge >= 0.3 is 0 Å². The highest BCUT2D eigenvalue weighted by Gasteiger charge is 2.10. The monoisotopic (exact) mass is 193 g/mol. The van der Waals surface area contributed by atoms with Crippen LogP contribution in [0.15, 0.2) is 30.3 Å². The molecule has 0 aromatic heterocycles. The van der Waals surface area contributed by atoms with E-state index in [4.69, 9.17) is 5.73 Å². The van der Waals surface area contributed by atoms with Crippen LogP contribution in [0.3, 0.4) is 0 Å². The Morgan fingerprint density at radius 3 is 1.64 bits per heavy atom. The molecule has 0 saturated heterocycles. The zero-order chi connectivity index (χ0) is 11.0. The summed E-state index contributed by atoms with van der Waals surface area (Å²) in [4.78, 5) is 0. The van der Waals surface area contributed by atoms with Crippen molar-refractivity contribution in [2.75, 3.05) is 0 Å². The number of benzene rings is 1. The summed E-state index contributed by atoms with van der Waals surface area (Å²) < 4.78 is 0. The van der Waals surface area contributed by atoms with Gasteiger partial charge in [0, 0.05) is 5.54 Å². The van der Waals surface area contributed by atoms with Gasteiger partial charge in [-0.1, -0.05) is 49.7 Å². The fourth-order valence-electron chi connectivity index (χ4n) is 0.784. The molecule has 0 aliphatic carbocycles. The largest absolute Gasteiger partial charge is 0.325 e. The first kappa shape index (κ1) is 13.2. The summed E-state index contributed by atoms with van der Waals surface area (Å²) in [5, 5.41) is 0. The fraction of sp³-hybridized carbons (Fsp3) is 0.538. The molecule has 0 aliphatic heterocycles. The Labute approximate surface area is 88.3 Å². The summed E-state index contributed by atoms with van der Waals surface area (Å²) in [6.45, 7) is 8.39. The van der Waals surface area contributed by atoms with E-state index in [0.29, 0.717) is 0 Å². The molecule has 1 aromatic carbocycles. The van der Waals surface area contributed by atoms with Crippen LogP contribution in [-0.2, 0) is 0 Å². The summed E-state index contributed by atoms with van der Waals surface area (Å²) in [6, 6.07) is 10.3. The highest BCUT2D eigenvalue weighted by molar-refractivity contribution is 5.11. The molecule has 0 aliphatic rings. The summed E-state index contributed by atoms with van der Waals surface area (Å²) in [5.74, 6) is 0. The first-order valence-corrected chi connectivity index (χ1v) is 5.32. The van der Waals surface area contributed by atoms with Crippen LogP contribution in [-0.4, -0.2) is 5.54 Å². The molecule has 0 atom stereocenters. The zero-order valence-corrected chi connectivity index (χ0v) is 9.88. The number of aryl methyl sites for hydroxylation is 1. The van der Waals surface area contributed by atoms with Gasteiger partial charge in [-0.3, -0.25) is 0 Å². The molecule has 0 fully saturated rings. The van der Waals surface area contributed by atoms with Crippen molar-refractivity contribution < 1.29 is 0 Å². The van der Waals surface area contributed by atoms with Gasteiger partial charge < -0.3 is 5.73 Å². The number of nitrogens with two attached hydrogens (primary N) is 1. The normalized spacial score (nSPS) is 10.4. The van der Waals surface area contributed by atoms with Crippen LogP contribution in [0.25, 0.3) is 0 Å². The van der Waals surface area contributed by atoms with Crippen molar-refractivity contribution in [3.63, 3.8) is 0 Å². The molecule has 1 rings (SSSR count). The lowest BCUT2D eigenvalue weighted by Gasteiger charge is -2.18. The van der Waals surface area contributed by atoms with E-state index in [0.717, 1.165) is 12.8 Å². The molecule has 0 unspecified atom stereocenters. The molecule has 0 heterocycles. The van der Waals surface area contributed by atoms with E-state index >= 15 is 0 Å². The number of rotatable bonds is 2. The Kier molecular flexibility index (Phi) is 6.22. The van der Waals surface area contributed by atoms with Gasteiger partial charge in [-0.05, 0) is 26.7 Å². The molecule has 1 heteroatoms. The molecular formula is C13H23N. The van der Waals surface area contributed by atoms with E-state index in [1.54, 1.807) is 0 Å². The van der Waals surface area contributed by atoms with Crippen LogP contribution in [0, 0.1) is 6.92 Å². The maximum Gasteiger partial charge on any atom is 0.0120 e. The zero-order valence-electron chi connectivity index (χ0n) is 9.88. The summed E-state index contributed by atoms with van der Waals surface area (Å²) in [5.41, 5.74) is 7.12. The standard InChI is InChI=1S/C7H8.C6H15N/c1-7-5-3-2-4-6-7;1-4-6(3,7)5-2/h2-6H,1H3;4-5,7H2,1-3H3. The van der Waals surface area contributed by atoms with Crippen molar-refractivity contribution >= 4 is 0 Å². The van der Waals surface area contributed by atoms with E-state index in [-0.39, 0.29) is 5.54 Å². The molecule has 80 valence electrons. The molecular weight excluding hydrogens is 170 g/mol. The number of hydrogen-bond acceptors (Lipinski definition) is 1. The van der Waals surface area contributed by atoms with Crippen LogP contribution in [0.4, 0.5) is 0 Å². The predicted molar refractivity (Wildman–Crippen MR) is 64.4 cm³/mol. The fourth-order valence-corrected chi connectivity index (χ4v) is 0.784. The van der Waals surface area contributed by atoms with E-state index in [1.807, 2.05) is 18.2 Å². The van der Waals surface area contributed by atoms with Crippen molar-refractivity contribution in [1.29, 1.82) is 0 Å². The van der Waals surface area contributed by atoms with E-state index in [9.17, 15) is 0 Å². The molecule has 0 radical (unpaired) electrons. The van der Waals surface area contributed by atoms with Gasteiger partial charge in [0.05, 0.1) is 0 Å². The average molecular weight is 193 g/mol. The minimum Gasteiger partial charge on any atom is -0.325 e. The van der Waals surface area contributed by atoms with Gasteiger partial charge in [-0.15, -0.1) is 0 Å². The first-order chi connectivity index (χ1) is 6.52. The lowest BCUT2D eigenvalue weighted by atomic mass is 9.98. The topological polar surface area (TPSA) is 26.0 Å². The Bertz CT molecular complexity index is 220. The third-order valence-corrected chi connectivity index (χ3v) is 2.56. The van der Waals surface area contributed by atoms with E-state index in [1.165, 1.54) is 5.56 Å². The van der Waals surface area contributed by atoms with Crippen molar-refractivity contribution in [2.24, 2.45) is 5.73 Å².